The van der Waals surface area contributed by atoms with Gasteiger partial charge in [0.2, 0.25) is 0 Å². The first-order chi connectivity index (χ1) is 13.2. The molecule has 2 fully saturated rings. The Bertz CT molecular complexity index is 831. The molecule has 1 aliphatic heterocycles. The fourth-order valence-corrected chi connectivity index (χ4v) is 6.31. The zero-order chi connectivity index (χ0) is 18.4. The van der Waals surface area contributed by atoms with Gasteiger partial charge in [-0.1, -0.05) is 31.0 Å². The standard InChI is InChI=1S/C24H30N2O/c25-19-7-4-17(5-8-19)10-13-26-14-12-24-11-2-1-3-21(24)23(26)15-18-6-9-20(27)16-22(18)24/h4-9,16,21,23,27H,1-3,10-15,25H2/t21-,23-,24-/m0/s1. The highest BCUT2D eigenvalue weighted by Gasteiger charge is 2.53. The number of fused-ring (bicyclic) bond motifs is 1. The highest BCUT2D eigenvalue weighted by Crippen LogP contribution is 2.56. The fraction of sp³-hybridized carbons (Fsp3) is 0.500. The summed E-state index contributed by atoms with van der Waals surface area (Å²) in [6.45, 7) is 2.32. The number of anilines is 1. The molecule has 3 heteroatoms. The normalized spacial score (nSPS) is 29.8. The van der Waals surface area contributed by atoms with Crippen molar-refractivity contribution in [2.45, 2.75) is 56.4 Å². The molecule has 3 N–H and O–H groups in total. The van der Waals surface area contributed by atoms with Crippen LogP contribution >= 0.6 is 0 Å². The van der Waals surface area contributed by atoms with E-state index in [2.05, 4.69) is 29.2 Å². The molecule has 27 heavy (non-hydrogen) atoms. The molecular weight excluding hydrogens is 332 g/mol. The lowest BCUT2D eigenvalue weighted by Gasteiger charge is -2.59. The van der Waals surface area contributed by atoms with Gasteiger partial charge >= 0.3 is 0 Å². The van der Waals surface area contributed by atoms with Crippen LogP contribution in [0, 0.1) is 5.92 Å². The Labute approximate surface area is 162 Å². The molecule has 1 saturated carbocycles. The van der Waals surface area contributed by atoms with Crippen LogP contribution in [0.25, 0.3) is 0 Å². The van der Waals surface area contributed by atoms with Crippen molar-refractivity contribution in [2.24, 2.45) is 5.92 Å². The van der Waals surface area contributed by atoms with E-state index in [0.29, 0.717) is 17.2 Å². The molecule has 0 radical (unpaired) electrons. The van der Waals surface area contributed by atoms with Crippen LogP contribution in [0.1, 0.15) is 48.8 Å². The van der Waals surface area contributed by atoms with Crippen LogP contribution in [-0.4, -0.2) is 29.1 Å². The number of hydrogen-bond acceptors (Lipinski definition) is 3. The van der Waals surface area contributed by atoms with Crippen molar-refractivity contribution in [3.63, 3.8) is 0 Å². The summed E-state index contributed by atoms with van der Waals surface area (Å²) in [4.78, 5) is 2.76. The molecule has 0 aromatic heterocycles. The average Bonchev–Trinajstić information content (AvgIpc) is 2.69. The van der Waals surface area contributed by atoms with E-state index in [-0.39, 0.29) is 0 Å². The zero-order valence-corrected chi connectivity index (χ0v) is 16.0. The minimum Gasteiger partial charge on any atom is -0.508 e. The number of piperidine rings is 1. The van der Waals surface area contributed by atoms with Gasteiger partial charge < -0.3 is 10.8 Å². The minimum atomic E-state index is 0.312. The van der Waals surface area contributed by atoms with Crippen LogP contribution in [0.5, 0.6) is 5.75 Å². The topological polar surface area (TPSA) is 49.5 Å². The highest BCUT2D eigenvalue weighted by molar-refractivity contribution is 5.45. The Morgan fingerprint density at radius 1 is 1.07 bits per heavy atom. The van der Waals surface area contributed by atoms with Crippen LogP contribution < -0.4 is 5.73 Å². The zero-order valence-electron chi connectivity index (χ0n) is 16.0. The summed E-state index contributed by atoms with van der Waals surface area (Å²) >= 11 is 0. The van der Waals surface area contributed by atoms with E-state index in [1.807, 2.05) is 18.2 Å². The summed E-state index contributed by atoms with van der Waals surface area (Å²) in [5.74, 6) is 1.19. The lowest BCUT2D eigenvalue weighted by Crippen LogP contribution is -2.61. The Morgan fingerprint density at radius 2 is 1.93 bits per heavy atom. The molecule has 1 saturated heterocycles. The first kappa shape index (κ1) is 17.1. The first-order valence-electron chi connectivity index (χ1n) is 10.6. The van der Waals surface area contributed by atoms with Crippen LogP contribution in [0.15, 0.2) is 42.5 Å². The smallest absolute Gasteiger partial charge is 0.115 e. The van der Waals surface area contributed by atoms with E-state index in [0.717, 1.165) is 31.0 Å². The summed E-state index contributed by atoms with van der Waals surface area (Å²) in [5.41, 5.74) is 11.3. The van der Waals surface area contributed by atoms with E-state index >= 15 is 0 Å². The maximum atomic E-state index is 10.1. The van der Waals surface area contributed by atoms with Gasteiger partial charge in [-0.15, -0.1) is 0 Å². The third-order valence-electron chi connectivity index (χ3n) is 7.60. The number of nitrogens with two attached hydrogens (primary N) is 1. The number of phenols is 1. The molecule has 2 aliphatic carbocycles. The summed E-state index contributed by atoms with van der Waals surface area (Å²) in [6, 6.07) is 15.2. The van der Waals surface area contributed by atoms with Crippen molar-refractivity contribution in [1.29, 1.82) is 0 Å². The second-order valence-electron chi connectivity index (χ2n) is 8.90. The Hall–Kier alpha value is -2.00. The minimum absolute atomic E-state index is 0.312. The number of hydrogen-bond donors (Lipinski definition) is 2. The quantitative estimate of drug-likeness (QED) is 0.802. The van der Waals surface area contributed by atoms with Crippen molar-refractivity contribution in [2.75, 3.05) is 18.8 Å². The van der Waals surface area contributed by atoms with Crippen molar-refractivity contribution < 1.29 is 5.11 Å². The maximum Gasteiger partial charge on any atom is 0.115 e. The van der Waals surface area contributed by atoms with E-state index in [1.54, 1.807) is 0 Å². The van der Waals surface area contributed by atoms with Crippen molar-refractivity contribution in [3.8, 4) is 5.75 Å². The molecule has 1 heterocycles. The average molecular weight is 363 g/mol. The van der Waals surface area contributed by atoms with Crippen molar-refractivity contribution in [1.82, 2.24) is 4.90 Å². The lowest BCUT2D eigenvalue weighted by molar-refractivity contribution is -0.0106. The molecule has 2 aromatic carbocycles. The van der Waals surface area contributed by atoms with Gasteiger partial charge in [0.15, 0.2) is 0 Å². The van der Waals surface area contributed by atoms with Gasteiger partial charge in [0.25, 0.3) is 0 Å². The predicted molar refractivity (Wildman–Crippen MR) is 110 cm³/mol. The number of benzene rings is 2. The second-order valence-corrected chi connectivity index (χ2v) is 8.90. The Balaban J connectivity index is 1.42. The molecule has 5 rings (SSSR count). The molecule has 0 amide bonds. The molecule has 142 valence electrons. The highest BCUT2D eigenvalue weighted by atomic mass is 16.3. The molecule has 3 atom stereocenters. The van der Waals surface area contributed by atoms with Gasteiger partial charge in [0.1, 0.15) is 5.75 Å². The van der Waals surface area contributed by atoms with Crippen LogP contribution in [-0.2, 0) is 18.3 Å². The summed E-state index contributed by atoms with van der Waals surface area (Å²) in [7, 11) is 0. The molecule has 2 bridgehead atoms. The maximum absolute atomic E-state index is 10.1. The predicted octanol–water partition coefficient (Wildman–Crippen LogP) is 4.28. The SMILES string of the molecule is Nc1ccc(CCN2CC[C@@]34CCCC[C@H]3[C@@H]2Cc2ccc(O)cc24)cc1. The van der Waals surface area contributed by atoms with Gasteiger partial charge in [0, 0.05) is 23.7 Å². The van der Waals surface area contributed by atoms with Gasteiger partial charge in [-0.25, -0.2) is 0 Å². The molecule has 2 aromatic rings. The van der Waals surface area contributed by atoms with Gasteiger partial charge in [0.05, 0.1) is 0 Å². The van der Waals surface area contributed by atoms with Crippen LogP contribution in [0.3, 0.4) is 0 Å². The molecule has 3 nitrogen and oxygen atoms in total. The second kappa shape index (κ2) is 6.56. The third-order valence-corrected chi connectivity index (χ3v) is 7.60. The summed E-state index contributed by atoms with van der Waals surface area (Å²) in [6.07, 6.45) is 8.83. The Kier molecular flexibility index (Phi) is 4.16. The van der Waals surface area contributed by atoms with Crippen molar-refractivity contribution in [3.05, 3.63) is 59.2 Å². The lowest BCUT2D eigenvalue weighted by atomic mass is 9.52. The van der Waals surface area contributed by atoms with E-state index in [9.17, 15) is 5.11 Å². The summed E-state index contributed by atoms with van der Waals surface area (Å²) in [5, 5.41) is 10.1. The monoisotopic (exact) mass is 362 g/mol. The van der Waals surface area contributed by atoms with Gasteiger partial charge in [-0.2, -0.15) is 0 Å². The fourth-order valence-electron chi connectivity index (χ4n) is 6.31. The number of likely N-dealkylation sites (tertiary alicyclic amines) is 1. The first-order valence-corrected chi connectivity index (χ1v) is 10.6. The molecular formula is C24H30N2O. The molecule has 0 unspecified atom stereocenters. The van der Waals surface area contributed by atoms with Gasteiger partial charge in [-0.05, 0) is 85.5 Å². The van der Waals surface area contributed by atoms with E-state index < -0.39 is 0 Å². The number of phenolic OH excluding ortho intramolecular Hbond substituents is 1. The van der Waals surface area contributed by atoms with E-state index in [4.69, 9.17) is 5.73 Å². The van der Waals surface area contributed by atoms with E-state index in [1.165, 1.54) is 55.3 Å². The summed E-state index contributed by atoms with van der Waals surface area (Å²) < 4.78 is 0. The number of rotatable bonds is 3. The Morgan fingerprint density at radius 3 is 2.78 bits per heavy atom. The largest absolute Gasteiger partial charge is 0.508 e. The number of nitrogens with zero attached hydrogens (tertiary/aromatic N) is 1. The molecule has 0 spiro atoms. The molecule has 3 aliphatic rings. The van der Waals surface area contributed by atoms with Crippen LogP contribution in [0.4, 0.5) is 5.69 Å². The van der Waals surface area contributed by atoms with Crippen LogP contribution in [0.2, 0.25) is 0 Å². The third kappa shape index (κ3) is 2.84. The number of aromatic hydroxyl groups is 1. The van der Waals surface area contributed by atoms with Crippen molar-refractivity contribution >= 4 is 5.69 Å². The van der Waals surface area contributed by atoms with Gasteiger partial charge in [-0.3, -0.25) is 4.90 Å². The number of nitrogen functional groups attached to an aromatic ring is 1.